The van der Waals surface area contributed by atoms with Gasteiger partial charge in [0, 0.05) is 36.1 Å². The molecule has 0 spiro atoms. The molecule has 1 aromatic heterocycles. The van der Waals surface area contributed by atoms with Crippen molar-refractivity contribution in [1.29, 1.82) is 0 Å². The molecule has 7 heteroatoms. The molecule has 1 N–H and O–H groups in total. The zero-order valence-corrected chi connectivity index (χ0v) is 18.6. The van der Waals surface area contributed by atoms with Crippen LogP contribution in [0.4, 0.5) is 5.69 Å². The number of hydrogen-bond acceptors (Lipinski definition) is 6. The van der Waals surface area contributed by atoms with Crippen LogP contribution >= 0.6 is 0 Å². The number of nitrogens with zero attached hydrogens (tertiary/aromatic N) is 2. The first-order valence-corrected chi connectivity index (χ1v) is 11.1. The van der Waals surface area contributed by atoms with Crippen LogP contribution in [0.2, 0.25) is 0 Å². The first-order valence-electron chi connectivity index (χ1n) is 11.1. The van der Waals surface area contributed by atoms with Gasteiger partial charge in [-0.05, 0) is 55.5 Å². The Hall–Kier alpha value is -3.06. The lowest BCUT2D eigenvalue weighted by Gasteiger charge is -2.53. The van der Waals surface area contributed by atoms with Crippen molar-refractivity contribution in [1.82, 2.24) is 9.78 Å². The molecule has 168 valence electrons. The summed E-state index contributed by atoms with van der Waals surface area (Å²) in [7, 11) is 3.32. The van der Waals surface area contributed by atoms with E-state index >= 15 is 0 Å². The van der Waals surface area contributed by atoms with Crippen LogP contribution in [0.1, 0.15) is 31.2 Å². The number of ether oxygens (including phenoxy) is 3. The summed E-state index contributed by atoms with van der Waals surface area (Å²) in [5.74, 6) is 0.251. The highest BCUT2D eigenvalue weighted by Gasteiger charge is 2.50. The molecule has 6 rings (SSSR count). The third kappa shape index (κ3) is 3.81. The van der Waals surface area contributed by atoms with Gasteiger partial charge in [0.1, 0.15) is 5.75 Å². The fourth-order valence-corrected chi connectivity index (χ4v) is 5.00. The van der Waals surface area contributed by atoms with Gasteiger partial charge in [-0.1, -0.05) is 12.1 Å². The molecule has 1 saturated carbocycles. The Morgan fingerprint density at radius 1 is 1.19 bits per heavy atom. The highest BCUT2D eigenvalue weighted by molar-refractivity contribution is 5.79. The predicted molar refractivity (Wildman–Crippen MR) is 122 cm³/mol. The van der Waals surface area contributed by atoms with Crippen LogP contribution in [0, 0.1) is 5.41 Å². The highest BCUT2D eigenvalue weighted by Crippen LogP contribution is 2.53. The number of aromatic nitrogens is 2. The Kier molecular flexibility index (Phi) is 5.29. The molecule has 32 heavy (non-hydrogen) atoms. The third-order valence-corrected chi connectivity index (χ3v) is 7.13. The Morgan fingerprint density at radius 3 is 2.78 bits per heavy atom. The van der Waals surface area contributed by atoms with Crippen LogP contribution in [-0.2, 0) is 26.9 Å². The van der Waals surface area contributed by atoms with E-state index in [1.807, 2.05) is 42.2 Å². The summed E-state index contributed by atoms with van der Waals surface area (Å²) in [6, 6.07) is 14.3. The molecule has 0 radical (unpaired) electrons. The van der Waals surface area contributed by atoms with Crippen molar-refractivity contribution in [2.24, 2.45) is 12.5 Å². The lowest BCUT2D eigenvalue weighted by molar-refractivity contribution is -0.185. The minimum atomic E-state index is -0.394. The number of anilines is 1. The van der Waals surface area contributed by atoms with Gasteiger partial charge in [0.25, 0.3) is 0 Å². The van der Waals surface area contributed by atoms with Crippen molar-refractivity contribution >= 4 is 22.6 Å². The normalized spacial score (nSPS) is 24.4. The Balaban J connectivity index is 1.22. The van der Waals surface area contributed by atoms with E-state index in [1.54, 1.807) is 0 Å². The summed E-state index contributed by atoms with van der Waals surface area (Å²) in [6.45, 7) is 1.51. The molecule has 3 fully saturated rings. The standard InChI is InChI=1S/C25H29N3O4/c1-28-22-7-6-19(12-18(22)14-27-28)25-10-8-24(9-11-25,17-32-25)16-26-20-4-3-5-21(13-20)31-15-23(29)30-2/h3-7,12-14,26H,8-11,15-17H2,1-2H3. The number of aryl methyl sites for hydroxylation is 1. The Bertz CT molecular complexity index is 1110. The lowest BCUT2D eigenvalue weighted by atomic mass is 9.64. The molecule has 0 unspecified atom stereocenters. The summed E-state index contributed by atoms with van der Waals surface area (Å²) >= 11 is 0. The van der Waals surface area contributed by atoms with Crippen molar-refractivity contribution in [3.05, 3.63) is 54.2 Å². The predicted octanol–water partition coefficient (Wildman–Crippen LogP) is 4.02. The van der Waals surface area contributed by atoms with Crippen molar-refractivity contribution < 1.29 is 19.0 Å². The van der Waals surface area contributed by atoms with Crippen molar-refractivity contribution in [2.75, 3.05) is 32.2 Å². The van der Waals surface area contributed by atoms with Crippen molar-refractivity contribution in [2.45, 2.75) is 31.3 Å². The van der Waals surface area contributed by atoms with Gasteiger partial charge in [0.05, 0.1) is 31.0 Å². The molecule has 2 saturated heterocycles. The van der Waals surface area contributed by atoms with Crippen LogP contribution in [-0.4, -0.2) is 42.6 Å². The summed E-state index contributed by atoms with van der Waals surface area (Å²) < 4.78 is 18.6. The molecule has 0 atom stereocenters. The van der Waals surface area contributed by atoms with E-state index in [9.17, 15) is 4.79 Å². The molecule has 2 bridgehead atoms. The van der Waals surface area contributed by atoms with Gasteiger partial charge in [0.2, 0.25) is 0 Å². The maximum absolute atomic E-state index is 11.3. The summed E-state index contributed by atoms with van der Waals surface area (Å²) in [5, 5.41) is 9.10. The van der Waals surface area contributed by atoms with Gasteiger partial charge >= 0.3 is 5.97 Å². The number of carbonyl (C=O) groups is 1. The number of benzene rings is 2. The molecule has 3 aromatic rings. The smallest absolute Gasteiger partial charge is 0.343 e. The average molecular weight is 436 g/mol. The number of fused-ring (bicyclic) bond motifs is 4. The summed E-state index contributed by atoms with van der Waals surface area (Å²) in [5.41, 5.74) is 3.37. The maximum atomic E-state index is 11.3. The third-order valence-electron chi connectivity index (χ3n) is 7.13. The molecule has 3 heterocycles. The molecular formula is C25H29N3O4. The molecular weight excluding hydrogens is 406 g/mol. The van der Waals surface area contributed by atoms with Gasteiger partial charge in [0.15, 0.2) is 6.61 Å². The van der Waals surface area contributed by atoms with E-state index in [4.69, 9.17) is 9.47 Å². The van der Waals surface area contributed by atoms with Gasteiger partial charge in [-0.15, -0.1) is 0 Å². The largest absolute Gasteiger partial charge is 0.482 e. The van der Waals surface area contributed by atoms with Crippen LogP contribution in [0.3, 0.4) is 0 Å². The van der Waals surface area contributed by atoms with E-state index < -0.39 is 5.97 Å². The van der Waals surface area contributed by atoms with E-state index in [-0.39, 0.29) is 17.6 Å². The van der Waals surface area contributed by atoms with Crippen molar-refractivity contribution in [3.8, 4) is 5.75 Å². The monoisotopic (exact) mass is 435 g/mol. The second-order valence-electron chi connectivity index (χ2n) is 9.07. The van der Waals surface area contributed by atoms with Crippen LogP contribution in [0.15, 0.2) is 48.7 Å². The first-order chi connectivity index (χ1) is 15.5. The van der Waals surface area contributed by atoms with E-state index in [0.717, 1.165) is 50.0 Å². The van der Waals surface area contributed by atoms with E-state index in [0.29, 0.717) is 5.75 Å². The zero-order valence-electron chi connectivity index (χ0n) is 18.6. The van der Waals surface area contributed by atoms with E-state index in [1.165, 1.54) is 18.1 Å². The SMILES string of the molecule is COC(=O)COc1cccc(NCC23CCC(c4ccc5c(cnn5C)c4)(CC2)OC3)c1. The fraction of sp³-hybridized carbons (Fsp3) is 0.440. The number of hydrogen-bond donors (Lipinski definition) is 1. The van der Waals surface area contributed by atoms with Crippen LogP contribution in [0.5, 0.6) is 5.75 Å². The van der Waals surface area contributed by atoms with Gasteiger partial charge in [-0.2, -0.15) is 5.10 Å². The van der Waals surface area contributed by atoms with Crippen molar-refractivity contribution in [3.63, 3.8) is 0 Å². The average Bonchev–Trinajstić information content (AvgIpc) is 3.23. The Morgan fingerprint density at radius 2 is 2.03 bits per heavy atom. The number of nitrogens with one attached hydrogen (secondary N) is 1. The second-order valence-corrected chi connectivity index (χ2v) is 9.07. The van der Waals surface area contributed by atoms with E-state index in [2.05, 4.69) is 33.4 Å². The minimum absolute atomic E-state index is 0.0926. The second kappa shape index (κ2) is 8.13. The minimum Gasteiger partial charge on any atom is -0.482 e. The molecule has 2 aromatic carbocycles. The zero-order chi connectivity index (χ0) is 22.2. The van der Waals surface area contributed by atoms with Gasteiger partial charge in [-0.3, -0.25) is 4.68 Å². The molecule has 1 aliphatic carbocycles. The quantitative estimate of drug-likeness (QED) is 0.565. The highest BCUT2D eigenvalue weighted by atomic mass is 16.6. The molecule has 3 aliphatic rings. The number of rotatable bonds is 7. The topological polar surface area (TPSA) is 74.6 Å². The molecule has 7 nitrogen and oxygen atoms in total. The molecule has 2 aliphatic heterocycles. The summed E-state index contributed by atoms with van der Waals surface area (Å²) in [4.78, 5) is 11.3. The first kappa shape index (κ1) is 20.8. The van der Waals surface area contributed by atoms with Gasteiger partial charge < -0.3 is 19.5 Å². The van der Waals surface area contributed by atoms with Crippen LogP contribution in [0.25, 0.3) is 10.9 Å². The number of esters is 1. The number of carbonyl (C=O) groups excluding carboxylic acids is 1. The summed E-state index contributed by atoms with van der Waals surface area (Å²) in [6.07, 6.45) is 6.25. The lowest BCUT2D eigenvalue weighted by Crippen LogP contribution is -2.51. The molecule has 0 amide bonds. The number of methoxy groups -OCH3 is 1. The van der Waals surface area contributed by atoms with Crippen LogP contribution < -0.4 is 10.1 Å². The Labute approximate surface area is 187 Å². The fourth-order valence-electron chi connectivity index (χ4n) is 5.00. The van der Waals surface area contributed by atoms with Gasteiger partial charge in [-0.25, -0.2) is 4.79 Å². The maximum Gasteiger partial charge on any atom is 0.343 e.